The Kier molecular flexibility index (Phi) is 4.68. The van der Waals surface area contributed by atoms with Crippen LogP contribution in [-0.4, -0.2) is 42.3 Å². The molecule has 0 aromatic rings. The van der Waals surface area contributed by atoms with Gasteiger partial charge in [-0.15, -0.1) is 0 Å². The molecule has 1 spiro atoms. The maximum Gasteiger partial charge on any atom is 0.0697 e. The molecule has 116 valence electrons. The molecule has 3 unspecified atom stereocenters. The number of rotatable bonds is 2. The van der Waals surface area contributed by atoms with E-state index in [1.807, 2.05) is 0 Å². The Labute approximate surface area is 124 Å². The van der Waals surface area contributed by atoms with Crippen LogP contribution in [0.2, 0.25) is 0 Å². The second-order valence-electron chi connectivity index (χ2n) is 7.35. The van der Waals surface area contributed by atoms with Gasteiger partial charge in [-0.2, -0.15) is 0 Å². The van der Waals surface area contributed by atoms with Gasteiger partial charge in [0.2, 0.25) is 0 Å². The molecule has 3 aliphatic rings. The minimum atomic E-state index is 0.239. The van der Waals surface area contributed by atoms with Crippen LogP contribution in [0, 0.1) is 5.92 Å². The maximum atomic E-state index is 6.27. The molecule has 3 atom stereocenters. The van der Waals surface area contributed by atoms with Gasteiger partial charge < -0.3 is 10.5 Å². The van der Waals surface area contributed by atoms with Crippen molar-refractivity contribution >= 4 is 0 Å². The Morgan fingerprint density at radius 2 is 2.00 bits per heavy atom. The molecule has 3 heteroatoms. The fraction of sp³-hybridized carbons (Fsp3) is 1.00. The average Bonchev–Trinajstić information content (AvgIpc) is 2.48. The second kappa shape index (κ2) is 6.33. The van der Waals surface area contributed by atoms with Crippen LogP contribution < -0.4 is 5.73 Å². The molecule has 2 N–H and O–H groups in total. The van der Waals surface area contributed by atoms with Gasteiger partial charge in [-0.05, 0) is 44.6 Å². The number of likely N-dealkylation sites (tertiary alicyclic amines) is 1. The van der Waals surface area contributed by atoms with Crippen molar-refractivity contribution in [1.82, 2.24) is 4.90 Å². The van der Waals surface area contributed by atoms with Crippen LogP contribution in [0.1, 0.15) is 64.7 Å². The molecular formula is C17H32N2O. The van der Waals surface area contributed by atoms with E-state index >= 15 is 0 Å². The number of ether oxygens (including phenoxy) is 1. The highest BCUT2D eigenvalue weighted by molar-refractivity contribution is 4.95. The smallest absolute Gasteiger partial charge is 0.0697 e. The first-order chi connectivity index (χ1) is 9.72. The van der Waals surface area contributed by atoms with Gasteiger partial charge in [-0.25, -0.2) is 0 Å². The van der Waals surface area contributed by atoms with Crippen molar-refractivity contribution < 1.29 is 4.74 Å². The molecule has 0 amide bonds. The van der Waals surface area contributed by atoms with E-state index in [9.17, 15) is 0 Å². The number of nitrogens with zero attached hydrogens (tertiary/aromatic N) is 1. The summed E-state index contributed by atoms with van der Waals surface area (Å²) in [6.45, 7) is 5.70. The first kappa shape index (κ1) is 14.8. The van der Waals surface area contributed by atoms with E-state index in [-0.39, 0.29) is 5.60 Å². The molecule has 3 fully saturated rings. The molecular weight excluding hydrogens is 248 g/mol. The summed E-state index contributed by atoms with van der Waals surface area (Å²) in [6.07, 6.45) is 11.7. The SMILES string of the molecule is CCC1CN(C2CCOC3(CCCCC3)C2)CCC1N. The van der Waals surface area contributed by atoms with Crippen molar-refractivity contribution in [2.75, 3.05) is 19.7 Å². The molecule has 2 heterocycles. The number of hydrogen-bond donors (Lipinski definition) is 1. The normalized spacial score (nSPS) is 39.0. The molecule has 2 aliphatic heterocycles. The van der Waals surface area contributed by atoms with Crippen molar-refractivity contribution in [1.29, 1.82) is 0 Å². The number of piperidine rings is 1. The van der Waals surface area contributed by atoms with Crippen molar-refractivity contribution in [2.24, 2.45) is 11.7 Å². The zero-order valence-electron chi connectivity index (χ0n) is 13.2. The van der Waals surface area contributed by atoms with Crippen LogP contribution in [0.3, 0.4) is 0 Å². The number of hydrogen-bond acceptors (Lipinski definition) is 3. The summed E-state index contributed by atoms with van der Waals surface area (Å²) in [7, 11) is 0. The van der Waals surface area contributed by atoms with Crippen LogP contribution in [0.25, 0.3) is 0 Å². The van der Waals surface area contributed by atoms with E-state index in [4.69, 9.17) is 10.5 Å². The van der Waals surface area contributed by atoms with Crippen LogP contribution in [0.15, 0.2) is 0 Å². The lowest BCUT2D eigenvalue weighted by Crippen LogP contribution is -2.55. The Bertz CT molecular complexity index is 309. The molecule has 0 aromatic carbocycles. The van der Waals surface area contributed by atoms with Crippen molar-refractivity contribution in [3.05, 3.63) is 0 Å². The molecule has 0 bridgehead atoms. The molecule has 1 saturated carbocycles. The van der Waals surface area contributed by atoms with Crippen molar-refractivity contribution in [2.45, 2.75) is 82.4 Å². The highest BCUT2D eigenvalue weighted by Crippen LogP contribution is 2.40. The molecule has 20 heavy (non-hydrogen) atoms. The fourth-order valence-electron chi connectivity index (χ4n) is 4.70. The van der Waals surface area contributed by atoms with Crippen LogP contribution in [0.5, 0.6) is 0 Å². The van der Waals surface area contributed by atoms with Crippen LogP contribution in [-0.2, 0) is 4.74 Å². The van der Waals surface area contributed by atoms with Gasteiger partial charge in [0.25, 0.3) is 0 Å². The zero-order chi connectivity index (χ0) is 14.0. The first-order valence-corrected chi connectivity index (χ1v) is 8.86. The predicted octanol–water partition coefficient (Wildman–Crippen LogP) is 2.93. The van der Waals surface area contributed by atoms with Gasteiger partial charge in [0.1, 0.15) is 0 Å². The van der Waals surface area contributed by atoms with Gasteiger partial charge in [0.05, 0.1) is 5.60 Å². The van der Waals surface area contributed by atoms with Gasteiger partial charge in [-0.3, -0.25) is 4.90 Å². The molecule has 1 aliphatic carbocycles. The highest BCUT2D eigenvalue weighted by Gasteiger charge is 2.41. The summed E-state index contributed by atoms with van der Waals surface area (Å²) >= 11 is 0. The summed E-state index contributed by atoms with van der Waals surface area (Å²) in [4.78, 5) is 2.75. The van der Waals surface area contributed by atoms with E-state index in [1.165, 1.54) is 70.9 Å². The lowest BCUT2D eigenvalue weighted by Gasteiger charge is -2.49. The van der Waals surface area contributed by atoms with E-state index in [0.29, 0.717) is 12.0 Å². The standard InChI is InChI=1S/C17H32N2O/c1-2-14-13-19(10-6-16(14)18)15-7-11-20-17(12-15)8-4-3-5-9-17/h14-16H,2-13,18H2,1H3. The lowest BCUT2D eigenvalue weighted by molar-refractivity contribution is -0.127. The van der Waals surface area contributed by atoms with Crippen LogP contribution >= 0.6 is 0 Å². The third-order valence-electron chi connectivity index (χ3n) is 6.10. The minimum Gasteiger partial charge on any atom is -0.375 e. The summed E-state index contributed by atoms with van der Waals surface area (Å²) < 4.78 is 6.25. The maximum absolute atomic E-state index is 6.27. The summed E-state index contributed by atoms with van der Waals surface area (Å²) in [5.74, 6) is 0.703. The Balaban J connectivity index is 1.61. The average molecular weight is 280 g/mol. The van der Waals surface area contributed by atoms with Gasteiger partial charge in [0, 0.05) is 25.2 Å². The Hall–Kier alpha value is -0.120. The quantitative estimate of drug-likeness (QED) is 0.845. The Morgan fingerprint density at radius 1 is 1.20 bits per heavy atom. The van der Waals surface area contributed by atoms with Gasteiger partial charge in [0.15, 0.2) is 0 Å². The monoisotopic (exact) mass is 280 g/mol. The Morgan fingerprint density at radius 3 is 2.75 bits per heavy atom. The first-order valence-electron chi connectivity index (χ1n) is 8.86. The molecule has 3 nitrogen and oxygen atoms in total. The zero-order valence-corrected chi connectivity index (χ0v) is 13.2. The minimum absolute atomic E-state index is 0.239. The summed E-state index contributed by atoms with van der Waals surface area (Å²) in [6, 6.07) is 1.18. The van der Waals surface area contributed by atoms with E-state index < -0.39 is 0 Å². The van der Waals surface area contributed by atoms with Crippen molar-refractivity contribution in [3.63, 3.8) is 0 Å². The molecule has 3 rings (SSSR count). The largest absolute Gasteiger partial charge is 0.375 e. The van der Waals surface area contributed by atoms with E-state index in [2.05, 4.69) is 11.8 Å². The third kappa shape index (κ3) is 3.05. The van der Waals surface area contributed by atoms with Crippen molar-refractivity contribution in [3.8, 4) is 0 Å². The third-order valence-corrected chi connectivity index (χ3v) is 6.10. The second-order valence-corrected chi connectivity index (χ2v) is 7.35. The van der Waals surface area contributed by atoms with E-state index in [0.717, 1.165) is 12.6 Å². The highest BCUT2D eigenvalue weighted by atomic mass is 16.5. The van der Waals surface area contributed by atoms with Gasteiger partial charge in [-0.1, -0.05) is 32.6 Å². The summed E-state index contributed by atoms with van der Waals surface area (Å²) in [5, 5.41) is 0. The fourth-order valence-corrected chi connectivity index (χ4v) is 4.70. The summed E-state index contributed by atoms with van der Waals surface area (Å²) in [5.41, 5.74) is 6.50. The molecule has 0 aromatic heterocycles. The molecule has 2 saturated heterocycles. The predicted molar refractivity (Wildman–Crippen MR) is 82.7 cm³/mol. The van der Waals surface area contributed by atoms with Gasteiger partial charge >= 0.3 is 0 Å². The lowest BCUT2D eigenvalue weighted by atomic mass is 9.77. The topological polar surface area (TPSA) is 38.5 Å². The number of nitrogens with two attached hydrogens (primary N) is 1. The van der Waals surface area contributed by atoms with E-state index in [1.54, 1.807) is 0 Å². The van der Waals surface area contributed by atoms with Crippen LogP contribution in [0.4, 0.5) is 0 Å². The molecule has 0 radical (unpaired) electrons.